The number of ether oxygens (including phenoxy) is 1. The number of rotatable bonds is 4. The number of hydrogen-bond acceptors (Lipinski definition) is 4. The second kappa shape index (κ2) is 6.04. The molecule has 0 radical (unpaired) electrons. The molecule has 0 aliphatic carbocycles. The van der Waals surface area contributed by atoms with Gasteiger partial charge in [0.25, 0.3) is 0 Å². The predicted octanol–water partition coefficient (Wildman–Crippen LogP) is 1.32. The number of likely N-dealkylation sites (tertiary alicyclic amines) is 1. The van der Waals surface area contributed by atoms with Gasteiger partial charge >= 0.3 is 5.97 Å². The standard InChI is InChI=1S/C14H20N2O3/c1-19-13-4-2-3-11(14(17)18)12(13)9-16-7-5-10(15)6-8-16/h2-4,10H,5-9,15H2,1H3,(H,17,18). The lowest BCUT2D eigenvalue weighted by atomic mass is 10.0. The van der Waals surface area contributed by atoms with Crippen molar-refractivity contribution in [3.63, 3.8) is 0 Å². The van der Waals surface area contributed by atoms with Gasteiger partial charge < -0.3 is 15.6 Å². The second-order valence-corrected chi connectivity index (χ2v) is 4.91. The molecule has 2 rings (SSSR count). The fourth-order valence-corrected chi connectivity index (χ4v) is 2.46. The summed E-state index contributed by atoms with van der Waals surface area (Å²) in [4.78, 5) is 13.5. The molecule has 1 saturated heterocycles. The number of carbonyl (C=O) groups is 1. The highest BCUT2D eigenvalue weighted by Gasteiger charge is 2.21. The smallest absolute Gasteiger partial charge is 0.336 e. The van der Waals surface area contributed by atoms with Crippen LogP contribution in [0.4, 0.5) is 0 Å². The zero-order chi connectivity index (χ0) is 13.8. The first kappa shape index (κ1) is 13.8. The molecular weight excluding hydrogens is 244 g/mol. The molecule has 0 atom stereocenters. The van der Waals surface area contributed by atoms with Crippen molar-refractivity contribution < 1.29 is 14.6 Å². The van der Waals surface area contributed by atoms with E-state index in [1.54, 1.807) is 25.3 Å². The largest absolute Gasteiger partial charge is 0.496 e. The van der Waals surface area contributed by atoms with Crippen molar-refractivity contribution >= 4 is 5.97 Å². The van der Waals surface area contributed by atoms with Gasteiger partial charge in [-0.1, -0.05) is 6.07 Å². The zero-order valence-electron chi connectivity index (χ0n) is 11.1. The number of methoxy groups -OCH3 is 1. The molecule has 0 bridgehead atoms. The maximum Gasteiger partial charge on any atom is 0.336 e. The summed E-state index contributed by atoms with van der Waals surface area (Å²) in [5.41, 5.74) is 6.94. The van der Waals surface area contributed by atoms with Crippen molar-refractivity contribution in [3.8, 4) is 5.75 Å². The van der Waals surface area contributed by atoms with Gasteiger partial charge in [0, 0.05) is 18.2 Å². The van der Waals surface area contributed by atoms with Crippen LogP contribution in [0.15, 0.2) is 18.2 Å². The average Bonchev–Trinajstić information content (AvgIpc) is 2.41. The summed E-state index contributed by atoms with van der Waals surface area (Å²) >= 11 is 0. The van der Waals surface area contributed by atoms with E-state index in [0.29, 0.717) is 17.9 Å². The van der Waals surface area contributed by atoms with E-state index in [-0.39, 0.29) is 6.04 Å². The molecular formula is C14H20N2O3. The molecule has 5 heteroatoms. The van der Waals surface area contributed by atoms with E-state index < -0.39 is 5.97 Å². The van der Waals surface area contributed by atoms with Crippen LogP contribution in [0.5, 0.6) is 5.75 Å². The lowest BCUT2D eigenvalue weighted by molar-refractivity contribution is 0.0693. The minimum atomic E-state index is -0.914. The quantitative estimate of drug-likeness (QED) is 0.857. The van der Waals surface area contributed by atoms with Crippen LogP contribution in [-0.2, 0) is 6.54 Å². The molecule has 1 aliphatic heterocycles. The Hall–Kier alpha value is -1.59. The number of aromatic carboxylic acids is 1. The van der Waals surface area contributed by atoms with Crippen LogP contribution < -0.4 is 10.5 Å². The zero-order valence-corrected chi connectivity index (χ0v) is 11.1. The minimum absolute atomic E-state index is 0.271. The van der Waals surface area contributed by atoms with Crippen LogP contribution in [0.2, 0.25) is 0 Å². The molecule has 1 heterocycles. The molecule has 1 fully saturated rings. The number of nitrogens with zero attached hydrogens (tertiary/aromatic N) is 1. The first-order valence-electron chi connectivity index (χ1n) is 6.49. The molecule has 0 aromatic heterocycles. The SMILES string of the molecule is COc1cccc(C(=O)O)c1CN1CCC(N)CC1. The average molecular weight is 264 g/mol. The minimum Gasteiger partial charge on any atom is -0.496 e. The number of piperidine rings is 1. The highest BCUT2D eigenvalue weighted by molar-refractivity contribution is 5.90. The lowest BCUT2D eigenvalue weighted by Crippen LogP contribution is -2.39. The van der Waals surface area contributed by atoms with E-state index in [9.17, 15) is 9.90 Å². The van der Waals surface area contributed by atoms with Gasteiger partial charge in [-0.15, -0.1) is 0 Å². The van der Waals surface area contributed by atoms with Crippen LogP contribution >= 0.6 is 0 Å². The second-order valence-electron chi connectivity index (χ2n) is 4.91. The molecule has 104 valence electrons. The third-order valence-electron chi connectivity index (χ3n) is 3.60. The van der Waals surface area contributed by atoms with Crippen LogP contribution in [-0.4, -0.2) is 42.2 Å². The molecule has 5 nitrogen and oxygen atoms in total. The lowest BCUT2D eigenvalue weighted by Gasteiger charge is -2.30. The molecule has 0 unspecified atom stereocenters. The van der Waals surface area contributed by atoms with Crippen molar-refractivity contribution in [2.75, 3.05) is 20.2 Å². The first-order valence-corrected chi connectivity index (χ1v) is 6.49. The Labute approximate surface area is 113 Å². The Morgan fingerprint density at radius 1 is 1.47 bits per heavy atom. The number of hydrogen-bond donors (Lipinski definition) is 2. The molecule has 19 heavy (non-hydrogen) atoms. The van der Waals surface area contributed by atoms with Crippen LogP contribution in [0.3, 0.4) is 0 Å². The predicted molar refractivity (Wildman–Crippen MR) is 72.4 cm³/mol. The van der Waals surface area contributed by atoms with Crippen LogP contribution in [0, 0.1) is 0 Å². The summed E-state index contributed by atoms with van der Waals surface area (Å²) in [5, 5.41) is 9.26. The summed E-state index contributed by atoms with van der Waals surface area (Å²) in [7, 11) is 1.57. The molecule has 0 amide bonds. The molecule has 1 aromatic carbocycles. The van der Waals surface area contributed by atoms with Crippen molar-refractivity contribution in [1.29, 1.82) is 0 Å². The van der Waals surface area contributed by atoms with Crippen molar-refractivity contribution in [1.82, 2.24) is 4.90 Å². The van der Waals surface area contributed by atoms with E-state index in [1.165, 1.54) is 0 Å². The van der Waals surface area contributed by atoms with E-state index >= 15 is 0 Å². The summed E-state index contributed by atoms with van der Waals surface area (Å²) in [5.74, 6) is -0.280. The van der Waals surface area contributed by atoms with Gasteiger partial charge in [-0.2, -0.15) is 0 Å². The van der Waals surface area contributed by atoms with Gasteiger partial charge in [-0.05, 0) is 38.1 Å². The summed E-state index contributed by atoms with van der Waals surface area (Å²) in [6.07, 6.45) is 1.91. The Morgan fingerprint density at radius 2 is 2.16 bits per heavy atom. The molecule has 1 aliphatic rings. The third-order valence-corrected chi connectivity index (χ3v) is 3.60. The molecule has 1 aromatic rings. The highest BCUT2D eigenvalue weighted by Crippen LogP contribution is 2.25. The number of carboxylic acid groups (broad SMARTS) is 1. The number of nitrogens with two attached hydrogens (primary N) is 1. The van der Waals surface area contributed by atoms with E-state index in [2.05, 4.69) is 4.90 Å². The van der Waals surface area contributed by atoms with Gasteiger partial charge in [-0.25, -0.2) is 4.79 Å². The first-order chi connectivity index (χ1) is 9.11. The number of carboxylic acids is 1. The third kappa shape index (κ3) is 3.24. The van der Waals surface area contributed by atoms with E-state index in [4.69, 9.17) is 10.5 Å². The molecule has 3 N–H and O–H groups in total. The van der Waals surface area contributed by atoms with E-state index in [0.717, 1.165) is 31.5 Å². The van der Waals surface area contributed by atoms with Gasteiger partial charge in [0.2, 0.25) is 0 Å². The molecule has 0 saturated carbocycles. The van der Waals surface area contributed by atoms with Crippen molar-refractivity contribution in [3.05, 3.63) is 29.3 Å². The fourth-order valence-electron chi connectivity index (χ4n) is 2.46. The maximum absolute atomic E-state index is 11.3. The normalized spacial score (nSPS) is 17.4. The van der Waals surface area contributed by atoms with Crippen LogP contribution in [0.1, 0.15) is 28.8 Å². The van der Waals surface area contributed by atoms with Gasteiger partial charge in [0.15, 0.2) is 0 Å². The maximum atomic E-state index is 11.3. The Bertz CT molecular complexity index is 454. The summed E-state index contributed by atoms with van der Waals surface area (Å²) in [6.45, 7) is 2.40. The van der Waals surface area contributed by atoms with Gasteiger partial charge in [-0.3, -0.25) is 4.90 Å². The summed E-state index contributed by atoms with van der Waals surface area (Å²) < 4.78 is 5.28. The van der Waals surface area contributed by atoms with E-state index in [1.807, 2.05) is 0 Å². The highest BCUT2D eigenvalue weighted by atomic mass is 16.5. The van der Waals surface area contributed by atoms with Crippen molar-refractivity contribution in [2.45, 2.75) is 25.4 Å². The Balaban J connectivity index is 2.20. The Morgan fingerprint density at radius 3 is 2.74 bits per heavy atom. The van der Waals surface area contributed by atoms with Crippen LogP contribution in [0.25, 0.3) is 0 Å². The number of benzene rings is 1. The summed E-state index contributed by atoms with van der Waals surface area (Å²) in [6, 6.07) is 5.40. The Kier molecular flexibility index (Phi) is 4.39. The van der Waals surface area contributed by atoms with Crippen molar-refractivity contribution in [2.24, 2.45) is 5.73 Å². The topological polar surface area (TPSA) is 75.8 Å². The molecule has 0 spiro atoms. The monoisotopic (exact) mass is 264 g/mol. The van der Waals surface area contributed by atoms with Gasteiger partial charge in [0.1, 0.15) is 5.75 Å². The fraction of sp³-hybridized carbons (Fsp3) is 0.500. The van der Waals surface area contributed by atoms with Gasteiger partial charge in [0.05, 0.1) is 12.7 Å².